The molecule has 0 atom stereocenters. The van der Waals surface area contributed by atoms with Crippen molar-refractivity contribution in [2.24, 2.45) is 5.10 Å². The second-order valence-electron chi connectivity index (χ2n) is 5.94. The number of ether oxygens (including phenoxy) is 3. The van der Waals surface area contributed by atoms with Crippen molar-refractivity contribution >= 4 is 27.8 Å². The molecule has 2 rings (SSSR count). The number of carbonyl (C=O) groups is 1. The predicted octanol–water partition coefficient (Wildman–Crippen LogP) is 1.87. The molecule has 1 amide bonds. The van der Waals surface area contributed by atoms with E-state index in [1.807, 2.05) is 0 Å². The van der Waals surface area contributed by atoms with E-state index < -0.39 is 15.9 Å². The molecular formula is C19H23N3O6S. The van der Waals surface area contributed by atoms with Crippen LogP contribution < -0.4 is 23.9 Å². The number of rotatable bonds is 8. The van der Waals surface area contributed by atoms with E-state index in [0.717, 1.165) is 10.6 Å². The molecular weight excluding hydrogens is 398 g/mol. The number of nitrogens with zero attached hydrogens (tertiary/aromatic N) is 2. The number of nitrogens with one attached hydrogen (secondary N) is 1. The van der Waals surface area contributed by atoms with Crippen molar-refractivity contribution in [2.75, 3.05) is 38.9 Å². The van der Waals surface area contributed by atoms with Gasteiger partial charge in [0.15, 0.2) is 11.5 Å². The maximum Gasteiger partial charge on any atom is 0.271 e. The Labute approximate surface area is 169 Å². The first kappa shape index (κ1) is 22.0. The largest absolute Gasteiger partial charge is 0.493 e. The van der Waals surface area contributed by atoms with Crippen LogP contribution in [-0.2, 0) is 10.0 Å². The molecule has 0 unspecified atom stereocenters. The zero-order valence-electron chi connectivity index (χ0n) is 16.8. The van der Waals surface area contributed by atoms with Crippen LogP contribution in [0.25, 0.3) is 0 Å². The maximum atomic E-state index is 12.2. The average molecular weight is 421 g/mol. The second kappa shape index (κ2) is 9.28. The topological polar surface area (TPSA) is 107 Å². The molecule has 0 aliphatic carbocycles. The lowest BCUT2D eigenvalue weighted by Gasteiger charge is -2.16. The van der Waals surface area contributed by atoms with Gasteiger partial charge in [-0.25, -0.2) is 13.8 Å². The standard InChI is InChI=1S/C19H23N3O6S/c1-22(29(5,24)25)15-8-6-14(7-9-15)19(23)21-20-12-13-10-16(26-2)18(28-4)17(11-13)27-3/h6-12H,1-5H3,(H,21,23)/b20-12-. The van der Waals surface area contributed by atoms with Crippen molar-refractivity contribution in [1.82, 2.24) is 5.43 Å². The number of hydrogen-bond donors (Lipinski definition) is 1. The lowest BCUT2D eigenvalue weighted by atomic mass is 10.2. The molecule has 0 aliphatic heterocycles. The minimum absolute atomic E-state index is 0.331. The fraction of sp³-hybridized carbons (Fsp3) is 0.263. The van der Waals surface area contributed by atoms with Gasteiger partial charge >= 0.3 is 0 Å². The summed E-state index contributed by atoms with van der Waals surface area (Å²) in [7, 11) is 2.58. The fourth-order valence-corrected chi connectivity index (χ4v) is 2.92. The van der Waals surface area contributed by atoms with Crippen LogP contribution in [-0.4, -0.2) is 55.2 Å². The van der Waals surface area contributed by atoms with Crippen molar-refractivity contribution < 1.29 is 27.4 Å². The van der Waals surface area contributed by atoms with Gasteiger partial charge in [0.25, 0.3) is 5.91 Å². The molecule has 156 valence electrons. The van der Waals surface area contributed by atoms with Crippen LogP contribution >= 0.6 is 0 Å². The summed E-state index contributed by atoms with van der Waals surface area (Å²) < 4.78 is 40.0. The van der Waals surface area contributed by atoms with Gasteiger partial charge in [0.2, 0.25) is 15.8 Å². The van der Waals surface area contributed by atoms with E-state index in [2.05, 4.69) is 10.5 Å². The number of anilines is 1. The van der Waals surface area contributed by atoms with Crippen molar-refractivity contribution in [3.63, 3.8) is 0 Å². The molecule has 0 aliphatic rings. The Morgan fingerprint density at radius 3 is 2.03 bits per heavy atom. The van der Waals surface area contributed by atoms with Gasteiger partial charge in [-0.2, -0.15) is 5.10 Å². The van der Waals surface area contributed by atoms with E-state index in [4.69, 9.17) is 14.2 Å². The number of hydrogen-bond acceptors (Lipinski definition) is 7. The normalized spacial score (nSPS) is 11.2. The minimum atomic E-state index is -3.37. The fourth-order valence-electron chi connectivity index (χ4n) is 2.42. The van der Waals surface area contributed by atoms with Gasteiger partial charge in [0.05, 0.1) is 39.5 Å². The Bertz CT molecular complexity index is 978. The molecule has 0 heterocycles. The van der Waals surface area contributed by atoms with Gasteiger partial charge in [-0.3, -0.25) is 9.10 Å². The summed E-state index contributed by atoms with van der Waals surface area (Å²) in [6.45, 7) is 0. The minimum Gasteiger partial charge on any atom is -0.493 e. The van der Waals surface area contributed by atoms with Crippen molar-refractivity contribution in [2.45, 2.75) is 0 Å². The molecule has 10 heteroatoms. The summed E-state index contributed by atoms with van der Waals surface area (Å²) in [5, 5.41) is 3.94. The summed E-state index contributed by atoms with van der Waals surface area (Å²) in [4.78, 5) is 12.2. The third-order valence-electron chi connectivity index (χ3n) is 4.06. The van der Waals surface area contributed by atoms with Gasteiger partial charge in [0, 0.05) is 18.2 Å². The number of benzene rings is 2. The summed E-state index contributed by atoms with van der Waals surface area (Å²) in [6.07, 6.45) is 2.54. The number of carbonyl (C=O) groups excluding carboxylic acids is 1. The summed E-state index contributed by atoms with van der Waals surface area (Å²) in [5.74, 6) is 0.938. The van der Waals surface area contributed by atoms with Crippen molar-refractivity contribution in [3.8, 4) is 17.2 Å². The number of amides is 1. The van der Waals surface area contributed by atoms with Gasteiger partial charge in [-0.1, -0.05) is 0 Å². The van der Waals surface area contributed by atoms with Gasteiger partial charge in [-0.05, 0) is 36.4 Å². The van der Waals surface area contributed by atoms with Crippen molar-refractivity contribution in [1.29, 1.82) is 0 Å². The first-order valence-electron chi connectivity index (χ1n) is 8.38. The van der Waals surface area contributed by atoms with Crippen LogP contribution in [0.3, 0.4) is 0 Å². The third-order valence-corrected chi connectivity index (χ3v) is 5.26. The predicted molar refractivity (Wildman–Crippen MR) is 111 cm³/mol. The summed E-state index contributed by atoms with van der Waals surface area (Å²) >= 11 is 0. The molecule has 0 fully saturated rings. The SMILES string of the molecule is COc1cc(/C=N\NC(=O)c2ccc(N(C)S(C)(=O)=O)cc2)cc(OC)c1OC. The molecule has 29 heavy (non-hydrogen) atoms. The van der Waals surface area contributed by atoms with Crippen LogP contribution in [0, 0.1) is 0 Å². The monoisotopic (exact) mass is 421 g/mol. The van der Waals surface area contributed by atoms with Gasteiger partial charge < -0.3 is 14.2 Å². The number of methoxy groups -OCH3 is 3. The zero-order chi connectivity index (χ0) is 21.6. The average Bonchev–Trinajstić information content (AvgIpc) is 2.71. The van der Waals surface area contributed by atoms with Crippen LogP contribution in [0.15, 0.2) is 41.5 Å². The second-order valence-corrected chi connectivity index (χ2v) is 7.95. The third kappa shape index (κ3) is 5.38. The quantitative estimate of drug-likeness (QED) is 0.515. The number of hydrazone groups is 1. The summed E-state index contributed by atoms with van der Waals surface area (Å²) in [5.41, 5.74) is 3.83. The Morgan fingerprint density at radius 2 is 1.59 bits per heavy atom. The molecule has 0 radical (unpaired) electrons. The lowest BCUT2D eigenvalue weighted by molar-refractivity contribution is 0.0955. The first-order chi connectivity index (χ1) is 13.7. The highest BCUT2D eigenvalue weighted by Crippen LogP contribution is 2.37. The van der Waals surface area contributed by atoms with E-state index in [0.29, 0.717) is 34.1 Å². The van der Waals surface area contributed by atoms with E-state index in [9.17, 15) is 13.2 Å². The molecule has 0 aromatic heterocycles. The Hall–Kier alpha value is -3.27. The molecule has 0 spiro atoms. The molecule has 0 saturated carbocycles. The smallest absolute Gasteiger partial charge is 0.271 e. The molecule has 0 bridgehead atoms. The number of sulfonamides is 1. The van der Waals surface area contributed by atoms with Crippen LogP contribution in [0.4, 0.5) is 5.69 Å². The van der Waals surface area contributed by atoms with Crippen LogP contribution in [0.1, 0.15) is 15.9 Å². The highest BCUT2D eigenvalue weighted by atomic mass is 32.2. The molecule has 9 nitrogen and oxygen atoms in total. The summed E-state index contributed by atoms with van der Waals surface area (Å²) in [6, 6.07) is 9.49. The van der Waals surface area contributed by atoms with Crippen LogP contribution in [0.5, 0.6) is 17.2 Å². The lowest BCUT2D eigenvalue weighted by Crippen LogP contribution is -2.25. The van der Waals surface area contributed by atoms with E-state index in [1.165, 1.54) is 46.7 Å². The molecule has 2 aromatic rings. The zero-order valence-corrected chi connectivity index (χ0v) is 17.6. The Morgan fingerprint density at radius 1 is 1.03 bits per heavy atom. The van der Waals surface area contributed by atoms with E-state index >= 15 is 0 Å². The van der Waals surface area contributed by atoms with Crippen molar-refractivity contribution in [3.05, 3.63) is 47.5 Å². The highest BCUT2D eigenvalue weighted by molar-refractivity contribution is 7.92. The Kier molecular flexibility index (Phi) is 7.05. The molecule has 2 aromatic carbocycles. The van der Waals surface area contributed by atoms with E-state index in [-0.39, 0.29) is 0 Å². The van der Waals surface area contributed by atoms with Gasteiger partial charge in [0.1, 0.15) is 0 Å². The molecule has 0 saturated heterocycles. The Balaban J connectivity index is 2.12. The first-order valence-corrected chi connectivity index (χ1v) is 10.2. The van der Waals surface area contributed by atoms with E-state index in [1.54, 1.807) is 24.3 Å². The maximum absolute atomic E-state index is 12.2. The van der Waals surface area contributed by atoms with Gasteiger partial charge in [-0.15, -0.1) is 0 Å². The molecule has 1 N–H and O–H groups in total. The highest BCUT2D eigenvalue weighted by Gasteiger charge is 2.14. The van der Waals surface area contributed by atoms with Crippen LogP contribution in [0.2, 0.25) is 0 Å².